The van der Waals surface area contributed by atoms with Gasteiger partial charge in [-0.15, -0.1) is 0 Å². The van der Waals surface area contributed by atoms with Crippen LogP contribution in [0.3, 0.4) is 0 Å². The average molecular weight is 334 g/mol. The van der Waals surface area contributed by atoms with E-state index in [1.165, 1.54) is 4.31 Å². The van der Waals surface area contributed by atoms with Gasteiger partial charge in [-0.1, -0.05) is 6.92 Å². The first-order chi connectivity index (χ1) is 10.3. The van der Waals surface area contributed by atoms with Gasteiger partial charge in [0.1, 0.15) is 0 Å². The van der Waals surface area contributed by atoms with E-state index in [1.807, 2.05) is 13.8 Å². The van der Waals surface area contributed by atoms with E-state index in [1.54, 1.807) is 6.92 Å². The molecule has 1 N–H and O–H groups in total. The van der Waals surface area contributed by atoms with Crippen molar-refractivity contribution in [2.75, 3.05) is 25.4 Å². The second-order valence-electron chi connectivity index (χ2n) is 5.56. The minimum absolute atomic E-state index is 0.0497. The molecule has 1 atom stereocenters. The van der Waals surface area contributed by atoms with Gasteiger partial charge in [0.05, 0.1) is 11.7 Å². The van der Waals surface area contributed by atoms with Crippen LogP contribution in [0.25, 0.3) is 0 Å². The Kier molecular flexibility index (Phi) is 7.28. The molecule has 7 nitrogen and oxygen atoms in total. The molecule has 0 aromatic carbocycles. The molecule has 22 heavy (non-hydrogen) atoms. The second kappa shape index (κ2) is 8.47. The number of rotatable bonds is 7. The smallest absolute Gasteiger partial charge is 0.309 e. The Hall–Kier alpha value is -1.15. The van der Waals surface area contributed by atoms with E-state index >= 15 is 0 Å². The van der Waals surface area contributed by atoms with Crippen molar-refractivity contribution in [3.8, 4) is 0 Å². The van der Waals surface area contributed by atoms with Gasteiger partial charge in [-0.05, 0) is 33.1 Å². The topological polar surface area (TPSA) is 92.8 Å². The van der Waals surface area contributed by atoms with Gasteiger partial charge in [0.25, 0.3) is 5.91 Å². The molecule has 0 spiro atoms. The fraction of sp³-hybridized carbons (Fsp3) is 0.857. The molecule has 1 amide bonds. The molecular formula is C14H26N2O5S. The maximum atomic E-state index is 11.9. The normalized spacial score (nSPS) is 18.7. The number of ether oxygens (including phenoxy) is 1. The van der Waals surface area contributed by atoms with Gasteiger partial charge in [0.15, 0.2) is 6.61 Å². The van der Waals surface area contributed by atoms with Gasteiger partial charge in [0.2, 0.25) is 10.0 Å². The maximum Gasteiger partial charge on any atom is 0.309 e. The third kappa shape index (κ3) is 5.57. The van der Waals surface area contributed by atoms with Crippen LogP contribution in [0.2, 0.25) is 0 Å². The SMILES string of the molecule is CCC(C)NC(=O)COC(=O)C1CCN(S(=O)(=O)CC)CC1. The van der Waals surface area contributed by atoms with Crippen LogP contribution in [0, 0.1) is 5.92 Å². The number of nitrogens with one attached hydrogen (secondary N) is 1. The van der Waals surface area contributed by atoms with E-state index in [2.05, 4.69) is 5.32 Å². The van der Waals surface area contributed by atoms with Crippen molar-refractivity contribution in [2.24, 2.45) is 5.92 Å². The summed E-state index contributed by atoms with van der Waals surface area (Å²) < 4.78 is 29.9. The third-order valence-corrected chi connectivity index (χ3v) is 5.79. The fourth-order valence-electron chi connectivity index (χ4n) is 2.23. The number of nitrogens with zero attached hydrogens (tertiary/aromatic N) is 1. The van der Waals surface area contributed by atoms with Gasteiger partial charge >= 0.3 is 5.97 Å². The summed E-state index contributed by atoms with van der Waals surface area (Å²) in [6, 6.07) is 0.0497. The lowest BCUT2D eigenvalue weighted by Gasteiger charge is -2.29. The van der Waals surface area contributed by atoms with Crippen LogP contribution in [-0.2, 0) is 24.3 Å². The molecule has 1 fully saturated rings. The van der Waals surface area contributed by atoms with Crippen LogP contribution in [-0.4, -0.2) is 56.1 Å². The van der Waals surface area contributed by atoms with Gasteiger partial charge in [0, 0.05) is 19.1 Å². The molecule has 1 heterocycles. The zero-order valence-electron chi connectivity index (χ0n) is 13.5. The lowest BCUT2D eigenvalue weighted by molar-refractivity contribution is -0.153. The number of hydrogen-bond donors (Lipinski definition) is 1. The van der Waals surface area contributed by atoms with Crippen molar-refractivity contribution in [3.63, 3.8) is 0 Å². The van der Waals surface area contributed by atoms with Crippen molar-refractivity contribution in [2.45, 2.75) is 46.1 Å². The van der Waals surface area contributed by atoms with Crippen molar-refractivity contribution >= 4 is 21.9 Å². The van der Waals surface area contributed by atoms with Crippen molar-refractivity contribution < 1.29 is 22.7 Å². The highest BCUT2D eigenvalue weighted by atomic mass is 32.2. The summed E-state index contributed by atoms with van der Waals surface area (Å²) in [4.78, 5) is 23.5. The molecule has 1 rings (SSSR count). The highest BCUT2D eigenvalue weighted by Gasteiger charge is 2.31. The van der Waals surface area contributed by atoms with Crippen LogP contribution in [0.15, 0.2) is 0 Å². The molecule has 1 aliphatic heterocycles. The van der Waals surface area contributed by atoms with Gasteiger partial charge in [-0.2, -0.15) is 0 Å². The van der Waals surface area contributed by atoms with Gasteiger partial charge < -0.3 is 10.1 Å². The average Bonchev–Trinajstić information content (AvgIpc) is 2.52. The number of carbonyl (C=O) groups is 2. The van der Waals surface area contributed by atoms with Gasteiger partial charge in [-0.25, -0.2) is 12.7 Å². The number of esters is 1. The minimum Gasteiger partial charge on any atom is -0.455 e. The quantitative estimate of drug-likeness (QED) is 0.685. The predicted octanol–water partition coefficient (Wildman–Crippen LogP) is 0.506. The van der Waals surface area contributed by atoms with Crippen LogP contribution in [0.4, 0.5) is 0 Å². The Morgan fingerprint density at radius 3 is 2.36 bits per heavy atom. The highest BCUT2D eigenvalue weighted by molar-refractivity contribution is 7.89. The summed E-state index contributed by atoms with van der Waals surface area (Å²) in [5.41, 5.74) is 0. The number of hydrogen-bond acceptors (Lipinski definition) is 5. The first kappa shape index (κ1) is 18.9. The summed E-state index contributed by atoms with van der Waals surface area (Å²) in [5, 5.41) is 2.72. The van der Waals surface area contributed by atoms with Crippen molar-refractivity contribution in [1.29, 1.82) is 0 Å². The molecule has 1 aliphatic rings. The van der Waals surface area contributed by atoms with E-state index in [-0.39, 0.29) is 30.2 Å². The molecule has 8 heteroatoms. The third-order valence-electron chi connectivity index (χ3n) is 3.91. The first-order valence-corrected chi connectivity index (χ1v) is 9.34. The highest BCUT2D eigenvalue weighted by Crippen LogP contribution is 2.21. The molecule has 0 bridgehead atoms. The molecule has 128 valence electrons. The van der Waals surface area contributed by atoms with Gasteiger partial charge in [-0.3, -0.25) is 9.59 Å². The van der Waals surface area contributed by atoms with Crippen molar-refractivity contribution in [1.82, 2.24) is 9.62 Å². The zero-order valence-corrected chi connectivity index (χ0v) is 14.3. The standard InChI is InChI=1S/C14H26N2O5S/c1-4-11(3)15-13(17)10-21-14(18)12-6-8-16(9-7-12)22(19,20)5-2/h11-12H,4-10H2,1-3H3,(H,15,17). The number of amides is 1. The lowest BCUT2D eigenvalue weighted by atomic mass is 9.98. The maximum absolute atomic E-state index is 11.9. The Morgan fingerprint density at radius 2 is 1.86 bits per heavy atom. The fourth-order valence-corrected chi connectivity index (χ4v) is 3.36. The molecule has 0 saturated carbocycles. The molecule has 0 radical (unpaired) electrons. The van der Waals surface area contributed by atoms with E-state index < -0.39 is 16.0 Å². The second-order valence-corrected chi connectivity index (χ2v) is 7.82. The van der Waals surface area contributed by atoms with Crippen LogP contribution in [0.5, 0.6) is 0 Å². The number of carbonyl (C=O) groups excluding carboxylic acids is 2. The van der Waals surface area contributed by atoms with Crippen LogP contribution >= 0.6 is 0 Å². The lowest BCUT2D eigenvalue weighted by Crippen LogP contribution is -2.42. The number of piperidine rings is 1. The zero-order chi connectivity index (χ0) is 16.8. The van der Waals surface area contributed by atoms with E-state index in [0.29, 0.717) is 25.9 Å². The molecule has 0 aromatic heterocycles. The van der Waals surface area contributed by atoms with E-state index in [0.717, 1.165) is 6.42 Å². The van der Waals surface area contributed by atoms with Crippen LogP contribution < -0.4 is 5.32 Å². The largest absolute Gasteiger partial charge is 0.455 e. The molecule has 0 aliphatic carbocycles. The monoisotopic (exact) mass is 334 g/mol. The minimum atomic E-state index is -3.20. The summed E-state index contributed by atoms with van der Waals surface area (Å²) in [6.07, 6.45) is 1.68. The van der Waals surface area contributed by atoms with Crippen LogP contribution in [0.1, 0.15) is 40.0 Å². The Morgan fingerprint density at radius 1 is 1.27 bits per heavy atom. The molecular weight excluding hydrogens is 308 g/mol. The number of sulfonamides is 1. The van der Waals surface area contributed by atoms with Crippen molar-refractivity contribution in [3.05, 3.63) is 0 Å². The summed E-state index contributed by atoms with van der Waals surface area (Å²) in [6.45, 7) is 5.81. The Labute approximate surface area is 132 Å². The Bertz CT molecular complexity index is 483. The Balaban J connectivity index is 2.36. The molecule has 1 saturated heterocycles. The first-order valence-electron chi connectivity index (χ1n) is 7.74. The van der Waals surface area contributed by atoms with E-state index in [9.17, 15) is 18.0 Å². The predicted molar refractivity (Wildman–Crippen MR) is 82.6 cm³/mol. The summed E-state index contributed by atoms with van der Waals surface area (Å²) in [5.74, 6) is -1.00. The van der Waals surface area contributed by atoms with E-state index in [4.69, 9.17) is 4.74 Å². The summed E-state index contributed by atoms with van der Waals surface area (Å²) >= 11 is 0. The summed E-state index contributed by atoms with van der Waals surface area (Å²) in [7, 11) is -3.20. The molecule has 1 unspecified atom stereocenters. The molecule has 0 aromatic rings.